The second-order valence-corrected chi connectivity index (χ2v) is 5.15. The lowest BCUT2D eigenvalue weighted by atomic mass is 10.2. The van der Waals surface area contributed by atoms with Crippen molar-refractivity contribution in [3.05, 3.63) is 41.6 Å². The van der Waals surface area contributed by atoms with Gasteiger partial charge >= 0.3 is 0 Å². The summed E-state index contributed by atoms with van der Waals surface area (Å²) in [4.78, 5) is 2.49. The number of benzene rings is 1. The summed E-state index contributed by atoms with van der Waals surface area (Å²) in [6.45, 7) is 4.32. The summed E-state index contributed by atoms with van der Waals surface area (Å²) in [7, 11) is 1.97. The largest absolute Gasteiger partial charge is 0.362 e. The Balaban J connectivity index is 1.94. The summed E-state index contributed by atoms with van der Waals surface area (Å²) >= 11 is 0. The van der Waals surface area contributed by atoms with E-state index in [-0.39, 0.29) is 0 Å². The van der Waals surface area contributed by atoms with Crippen molar-refractivity contribution in [2.75, 3.05) is 38.5 Å². The molecule has 2 rings (SSSR count). The van der Waals surface area contributed by atoms with Gasteiger partial charge in [0.2, 0.25) is 0 Å². The third-order valence-electron chi connectivity index (χ3n) is 3.49. The second kappa shape index (κ2) is 7.68. The zero-order chi connectivity index (χ0) is 14.2. The third-order valence-corrected chi connectivity index (χ3v) is 3.49. The Hall–Kier alpha value is -1.83. The maximum Gasteiger partial charge on any atom is 0.0991 e. The van der Waals surface area contributed by atoms with Gasteiger partial charge in [-0.3, -0.25) is 4.90 Å². The summed E-state index contributed by atoms with van der Waals surface area (Å²) in [6.07, 6.45) is 4.71. The first-order valence-electron chi connectivity index (χ1n) is 7.13. The molecule has 0 aliphatic carbocycles. The van der Waals surface area contributed by atoms with Crippen LogP contribution in [0.2, 0.25) is 0 Å². The molecule has 0 spiro atoms. The molecule has 20 heavy (non-hydrogen) atoms. The molecule has 4 heteroatoms. The first-order chi connectivity index (χ1) is 9.81. The number of likely N-dealkylation sites (N-methyl/N-ethyl adjacent to an activating group) is 1. The number of rotatable bonds is 6. The average Bonchev–Trinajstić information content (AvgIpc) is 2.98. The Labute approximate surface area is 121 Å². The van der Waals surface area contributed by atoms with Gasteiger partial charge in [0.05, 0.1) is 11.6 Å². The Kier molecular flexibility index (Phi) is 5.60. The van der Waals surface area contributed by atoms with E-state index in [4.69, 9.17) is 5.26 Å². The summed E-state index contributed by atoms with van der Waals surface area (Å²) in [5.74, 6) is 0. The molecule has 1 aliphatic heterocycles. The Bertz CT molecular complexity index is 478. The van der Waals surface area contributed by atoms with E-state index in [0.29, 0.717) is 5.56 Å². The maximum atomic E-state index is 8.78. The van der Waals surface area contributed by atoms with Gasteiger partial charge in [0.15, 0.2) is 0 Å². The van der Waals surface area contributed by atoms with Gasteiger partial charge in [0.1, 0.15) is 0 Å². The van der Waals surface area contributed by atoms with Crippen molar-refractivity contribution in [2.24, 2.45) is 0 Å². The van der Waals surface area contributed by atoms with E-state index in [1.165, 1.54) is 31.5 Å². The lowest BCUT2D eigenvalue weighted by Gasteiger charge is -2.17. The molecule has 0 atom stereocenters. The number of anilines is 1. The molecule has 0 saturated carbocycles. The van der Waals surface area contributed by atoms with Gasteiger partial charge in [-0.15, -0.1) is 0 Å². The van der Waals surface area contributed by atoms with Gasteiger partial charge in [0, 0.05) is 25.0 Å². The maximum absolute atomic E-state index is 8.78. The Morgan fingerprint density at radius 3 is 2.60 bits per heavy atom. The van der Waals surface area contributed by atoms with Crippen molar-refractivity contribution in [3.63, 3.8) is 0 Å². The second-order valence-electron chi connectivity index (χ2n) is 5.15. The monoisotopic (exact) mass is 270 g/mol. The minimum absolute atomic E-state index is 0.687. The molecular formula is C16H22N4. The number of hydrogen-bond donors (Lipinski definition) is 2. The molecule has 1 heterocycles. The van der Waals surface area contributed by atoms with Crippen molar-refractivity contribution in [1.29, 1.82) is 5.26 Å². The van der Waals surface area contributed by atoms with Crippen LogP contribution in [0.1, 0.15) is 18.4 Å². The van der Waals surface area contributed by atoms with E-state index in [1.54, 1.807) is 0 Å². The van der Waals surface area contributed by atoms with Gasteiger partial charge in [0.25, 0.3) is 0 Å². The van der Waals surface area contributed by atoms with Crippen LogP contribution in [0.25, 0.3) is 0 Å². The number of hydrogen-bond acceptors (Lipinski definition) is 4. The van der Waals surface area contributed by atoms with E-state index in [0.717, 1.165) is 18.8 Å². The average molecular weight is 270 g/mol. The van der Waals surface area contributed by atoms with Crippen LogP contribution >= 0.6 is 0 Å². The standard InChI is InChI=1S/C16H22N4/c1-18-11-15(13-20-8-2-3-9-20)12-19-16-6-4-14(10-17)5-7-16/h4-7,12,18-19H,2-3,8-9,11,13H2,1H3/b15-12+. The van der Waals surface area contributed by atoms with E-state index in [2.05, 4.69) is 27.8 Å². The fourth-order valence-electron chi connectivity index (χ4n) is 2.43. The smallest absolute Gasteiger partial charge is 0.0991 e. The quantitative estimate of drug-likeness (QED) is 0.832. The van der Waals surface area contributed by atoms with Crippen molar-refractivity contribution in [3.8, 4) is 6.07 Å². The highest BCUT2D eigenvalue weighted by Gasteiger charge is 2.12. The van der Waals surface area contributed by atoms with E-state index in [9.17, 15) is 0 Å². The van der Waals surface area contributed by atoms with Crippen LogP contribution in [0, 0.1) is 11.3 Å². The molecule has 106 valence electrons. The lowest BCUT2D eigenvalue weighted by Crippen LogP contribution is -2.26. The molecule has 2 N–H and O–H groups in total. The molecule has 0 aromatic heterocycles. The van der Waals surface area contributed by atoms with Crippen LogP contribution in [0.15, 0.2) is 36.0 Å². The topological polar surface area (TPSA) is 51.1 Å². The summed E-state index contributed by atoms with van der Waals surface area (Å²) in [5, 5.41) is 15.3. The fraction of sp³-hybridized carbons (Fsp3) is 0.438. The van der Waals surface area contributed by atoms with Crippen LogP contribution in [0.3, 0.4) is 0 Å². The van der Waals surface area contributed by atoms with Crippen molar-refractivity contribution >= 4 is 5.69 Å². The summed E-state index contributed by atoms with van der Waals surface area (Å²) < 4.78 is 0. The molecule has 0 bridgehead atoms. The number of nitrogens with one attached hydrogen (secondary N) is 2. The van der Waals surface area contributed by atoms with Crippen LogP contribution in [-0.4, -0.2) is 38.1 Å². The van der Waals surface area contributed by atoms with E-state index in [1.807, 2.05) is 31.3 Å². The predicted molar refractivity (Wildman–Crippen MR) is 82.5 cm³/mol. The highest BCUT2D eigenvalue weighted by atomic mass is 15.1. The molecule has 0 unspecified atom stereocenters. The lowest BCUT2D eigenvalue weighted by molar-refractivity contribution is 0.365. The van der Waals surface area contributed by atoms with Crippen LogP contribution in [0.5, 0.6) is 0 Å². The van der Waals surface area contributed by atoms with Gasteiger partial charge in [-0.1, -0.05) is 0 Å². The van der Waals surface area contributed by atoms with Crippen molar-refractivity contribution in [1.82, 2.24) is 10.2 Å². The molecule has 1 aliphatic rings. The number of likely N-dealkylation sites (tertiary alicyclic amines) is 1. The number of nitriles is 1. The highest BCUT2D eigenvalue weighted by molar-refractivity contribution is 5.49. The Morgan fingerprint density at radius 2 is 2.00 bits per heavy atom. The number of nitrogens with zero attached hydrogens (tertiary/aromatic N) is 2. The molecule has 1 fully saturated rings. The molecule has 1 aromatic carbocycles. The molecule has 4 nitrogen and oxygen atoms in total. The zero-order valence-electron chi connectivity index (χ0n) is 12.0. The zero-order valence-corrected chi connectivity index (χ0v) is 12.0. The van der Waals surface area contributed by atoms with Crippen LogP contribution in [0.4, 0.5) is 5.69 Å². The first kappa shape index (κ1) is 14.6. The normalized spacial score (nSPS) is 16.1. The molecule has 1 aromatic rings. The summed E-state index contributed by atoms with van der Waals surface area (Å²) in [5.41, 5.74) is 3.05. The predicted octanol–water partition coefficient (Wildman–Crippen LogP) is 2.17. The minimum atomic E-state index is 0.687. The molecular weight excluding hydrogens is 248 g/mol. The van der Waals surface area contributed by atoms with E-state index < -0.39 is 0 Å². The third kappa shape index (κ3) is 4.37. The SMILES string of the molecule is CNC/C(=C\Nc1ccc(C#N)cc1)CN1CCCC1. The van der Waals surface area contributed by atoms with Gasteiger partial charge in [-0.2, -0.15) is 5.26 Å². The molecule has 1 saturated heterocycles. The fourth-order valence-corrected chi connectivity index (χ4v) is 2.43. The Morgan fingerprint density at radius 1 is 1.30 bits per heavy atom. The van der Waals surface area contributed by atoms with Gasteiger partial charge in [-0.25, -0.2) is 0 Å². The van der Waals surface area contributed by atoms with Crippen LogP contribution < -0.4 is 10.6 Å². The van der Waals surface area contributed by atoms with E-state index >= 15 is 0 Å². The minimum Gasteiger partial charge on any atom is -0.362 e. The highest BCUT2D eigenvalue weighted by Crippen LogP contribution is 2.12. The molecule has 0 radical (unpaired) electrons. The molecule has 0 amide bonds. The van der Waals surface area contributed by atoms with Gasteiger partial charge in [-0.05, 0) is 62.8 Å². The van der Waals surface area contributed by atoms with Gasteiger partial charge < -0.3 is 10.6 Å². The first-order valence-corrected chi connectivity index (χ1v) is 7.13. The van der Waals surface area contributed by atoms with Crippen molar-refractivity contribution in [2.45, 2.75) is 12.8 Å². The van der Waals surface area contributed by atoms with Crippen LogP contribution in [-0.2, 0) is 0 Å². The summed E-state index contributed by atoms with van der Waals surface area (Å²) in [6, 6.07) is 9.65. The van der Waals surface area contributed by atoms with Crippen molar-refractivity contribution < 1.29 is 0 Å².